The molecule has 1 heterocycles. The molecule has 1 aromatic carbocycles. The van der Waals surface area contributed by atoms with Crippen LogP contribution < -0.4 is 11.1 Å². The fourth-order valence-corrected chi connectivity index (χ4v) is 2.79. The van der Waals surface area contributed by atoms with Crippen LogP contribution in [0, 0.1) is 5.82 Å². The van der Waals surface area contributed by atoms with Crippen molar-refractivity contribution in [3.05, 3.63) is 58.1 Å². The van der Waals surface area contributed by atoms with Crippen LogP contribution in [0.5, 0.6) is 0 Å². The second-order valence-electron chi connectivity index (χ2n) is 7.24. The lowest BCUT2D eigenvalue weighted by molar-refractivity contribution is 0.0501. The third kappa shape index (κ3) is 5.19. The molecule has 1 amide bonds. The van der Waals surface area contributed by atoms with E-state index >= 15 is 4.39 Å². The topological polar surface area (TPSA) is 94.3 Å². The number of nitrogens with zero attached hydrogens (tertiary/aromatic N) is 1. The number of anilines is 1. The van der Waals surface area contributed by atoms with Crippen LogP contribution in [0.15, 0.2) is 30.5 Å². The molecule has 0 saturated heterocycles. The monoisotopic (exact) mass is 407 g/mol. The van der Waals surface area contributed by atoms with Gasteiger partial charge in [0.25, 0.3) is 0 Å². The lowest BCUT2D eigenvalue weighted by Crippen LogP contribution is -2.35. The molecule has 0 fully saturated rings. The quantitative estimate of drug-likeness (QED) is 0.702. The number of pyridine rings is 1. The van der Waals surface area contributed by atoms with Gasteiger partial charge in [0.2, 0.25) is 5.78 Å². The van der Waals surface area contributed by atoms with Crippen LogP contribution in [0.1, 0.15) is 61.8 Å². The molecule has 0 saturated carbocycles. The molecule has 1 atom stereocenters. The number of nitrogens with two attached hydrogens (primary N) is 1. The van der Waals surface area contributed by atoms with E-state index in [0.29, 0.717) is 12.1 Å². The van der Waals surface area contributed by atoms with Crippen molar-refractivity contribution in [2.75, 3.05) is 5.73 Å². The summed E-state index contributed by atoms with van der Waals surface area (Å²) in [6.07, 6.45) is 1.01. The summed E-state index contributed by atoms with van der Waals surface area (Å²) in [7, 11) is 0. The van der Waals surface area contributed by atoms with E-state index in [1.807, 2.05) is 0 Å². The zero-order valence-corrected chi connectivity index (χ0v) is 16.9. The molecule has 2 aromatic rings. The van der Waals surface area contributed by atoms with E-state index in [1.165, 1.54) is 30.5 Å². The van der Waals surface area contributed by atoms with E-state index in [9.17, 15) is 9.59 Å². The zero-order valence-electron chi connectivity index (χ0n) is 16.2. The van der Waals surface area contributed by atoms with Gasteiger partial charge in [0.1, 0.15) is 17.1 Å². The number of alkyl carbamates (subject to hydrolysis) is 1. The summed E-state index contributed by atoms with van der Waals surface area (Å²) in [5.74, 6) is -1.48. The second kappa shape index (κ2) is 8.56. The Kier molecular flexibility index (Phi) is 6.61. The van der Waals surface area contributed by atoms with E-state index in [2.05, 4.69) is 10.3 Å². The van der Waals surface area contributed by atoms with E-state index < -0.39 is 29.3 Å². The molecule has 0 aliphatic rings. The number of nitrogens with one attached hydrogen (secondary N) is 1. The number of carbonyl (C=O) groups excluding carboxylic acids is 2. The van der Waals surface area contributed by atoms with Crippen molar-refractivity contribution in [3.63, 3.8) is 0 Å². The molecule has 0 aliphatic carbocycles. The van der Waals surface area contributed by atoms with Gasteiger partial charge < -0.3 is 15.8 Å². The van der Waals surface area contributed by atoms with Crippen LogP contribution in [-0.2, 0) is 4.74 Å². The minimum absolute atomic E-state index is 0.0142. The highest BCUT2D eigenvalue weighted by atomic mass is 35.5. The predicted molar refractivity (Wildman–Crippen MR) is 106 cm³/mol. The number of carbonyl (C=O) groups is 2. The van der Waals surface area contributed by atoms with Crippen LogP contribution in [0.3, 0.4) is 0 Å². The number of hydrogen-bond acceptors (Lipinski definition) is 5. The highest BCUT2D eigenvalue weighted by Crippen LogP contribution is 2.29. The van der Waals surface area contributed by atoms with Gasteiger partial charge in [0.15, 0.2) is 0 Å². The van der Waals surface area contributed by atoms with Gasteiger partial charge in [-0.05, 0) is 45.4 Å². The number of benzene rings is 1. The van der Waals surface area contributed by atoms with Crippen molar-refractivity contribution >= 4 is 29.2 Å². The van der Waals surface area contributed by atoms with Crippen molar-refractivity contribution in [2.45, 2.75) is 45.8 Å². The van der Waals surface area contributed by atoms with Crippen molar-refractivity contribution < 1.29 is 18.7 Å². The number of ether oxygens (including phenoxy) is 1. The molecule has 0 radical (unpaired) electrons. The van der Waals surface area contributed by atoms with Crippen LogP contribution in [-0.4, -0.2) is 22.5 Å². The maximum absolute atomic E-state index is 15.2. The minimum atomic E-state index is -0.806. The molecule has 2 rings (SSSR count). The Bertz CT molecular complexity index is 880. The first-order chi connectivity index (χ1) is 13.0. The van der Waals surface area contributed by atoms with Gasteiger partial charge >= 0.3 is 6.09 Å². The molecule has 3 N–H and O–H groups in total. The number of hydrogen-bond donors (Lipinski definition) is 2. The Morgan fingerprint density at radius 3 is 2.50 bits per heavy atom. The van der Waals surface area contributed by atoms with Crippen molar-refractivity contribution in [3.8, 4) is 0 Å². The highest BCUT2D eigenvalue weighted by molar-refractivity contribution is 6.35. The molecule has 28 heavy (non-hydrogen) atoms. The summed E-state index contributed by atoms with van der Waals surface area (Å²) in [5.41, 5.74) is 5.10. The number of rotatable bonds is 5. The molecule has 150 valence electrons. The van der Waals surface area contributed by atoms with Crippen LogP contribution in [0.2, 0.25) is 5.02 Å². The number of nitrogen functional groups attached to an aromatic ring is 1. The van der Waals surface area contributed by atoms with Gasteiger partial charge in [-0.3, -0.25) is 9.78 Å². The van der Waals surface area contributed by atoms with E-state index in [0.717, 1.165) is 0 Å². The Balaban J connectivity index is 2.38. The maximum atomic E-state index is 15.2. The Labute approximate surface area is 168 Å². The summed E-state index contributed by atoms with van der Waals surface area (Å²) in [6.45, 7) is 6.96. The summed E-state index contributed by atoms with van der Waals surface area (Å²) < 4.78 is 20.5. The predicted octanol–water partition coefficient (Wildman–Crippen LogP) is 4.66. The molecular weight excluding hydrogens is 385 g/mol. The normalized spacial score (nSPS) is 12.4. The van der Waals surface area contributed by atoms with Crippen molar-refractivity contribution in [1.82, 2.24) is 10.3 Å². The molecular formula is C20H23ClFN3O3. The summed E-state index contributed by atoms with van der Waals surface area (Å²) in [4.78, 5) is 28.7. The summed E-state index contributed by atoms with van der Waals surface area (Å²) in [6, 6.07) is 5.06. The smallest absolute Gasteiger partial charge is 0.408 e. The molecule has 0 aliphatic heterocycles. The number of ketones is 1. The molecule has 1 aromatic heterocycles. The number of halogens is 2. The van der Waals surface area contributed by atoms with Gasteiger partial charge in [0.05, 0.1) is 28.5 Å². The lowest BCUT2D eigenvalue weighted by Gasteiger charge is -2.24. The van der Waals surface area contributed by atoms with E-state index in [4.69, 9.17) is 22.1 Å². The molecule has 8 heteroatoms. The van der Waals surface area contributed by atoms with Crippen molar-refractivity contribution in [1.29, 1.82) is 0 Å². The van der Waals surface area contributed by atoms with E-state index in [-0.39, 0.29) is 21.8 Å². The summed E-state index contributed by atoms with van der Waals surface area (Å²) in [5, 5.41) is 2.58. The molecule has 6 nitrogen and oxygen atoms in total. The van der Waals surface area contributed by atoms with Crippen LogP contribution >= 0.6 is 11.6 Å². The SMILES string of the molecule is CCC(NC(=O)OC(C)(C)C)c1ccc(Cl)c(C(=O)c2ccc(N)cn2)c1F. The fourth-order valence-electron chi connectivity index (χ4n) is 2.56. The maximum Gasteiger partial charge on any atom is 0.408 e. The fraction of sp³-hybridized carbons (Fsp3) is 0.350. The van der Waals surface area contributed by atoms with Gasteiger partial charge in [-0.1, -0.05) is 24.6 Å². The van der Waals surface area contributed by atoms with Gasteiger partial charge in [-0.15, -0.1) is 0 Å². The van der Waals surface area contributed by atoms with Gasteiger partial charge in [-0.25, -0.2) is 9.18 Å². The Morgan fingerprint density at radius 1 is 1.29 bits per heavy atom. The average molecular weight is 408 g/mol. The Morgan fingerprint density at radius 2 is 1.96 bits per heavy atom. The first kappa shape index (κ1) is 21.6. The van der Waals surface area contributed by atoms with E-state index in [1.54, 1.807) is 27.7 Å². The second-order valence-corrected chi connectivity index (χ2v) is 7.65. The largest absolute Gasteiger partial charge is 0.444 e. The van der Waals surface area contributed by atoms with Gasteiger partial charge in [-0.2, -0.15) is 0 Å². The van der Waals surface area contributed by atoms with Crippen molar-refractivity contribution in [2.24, 2.45) is 0 Å². The molecule has 0 bridgehead atoms. The third-order valence-corrected chi connectivity index (χ3v) is 4.16. The molecule has 1 unspecified atom stereocenters. The highest BCUT2D eigenvalue weighted by Gasteiger charge is 2.26. The molecule has 0 spiro atoms. The number of aromatic nitrogens is 1. The van der Waals surface area contributed by atoms with Gasteiger partial charge in [0, 0.05) is 5.56 Å². The third-order valence-electron chi connectivity index (χ3n) is 3.84. The van der Waals surface area contributed by atoms with Crippen LogP contribution in [0.4, 0.5) is 14.9 Å². The first-order valence-electron chi connectivity index (χ1n) is 8.77. The first-order valence-corrected chi connectivity index (χ1v) is 9.15. The average Bonchev–Trinajstić information content (AvgIpc) is 2.59. The summed E-state index contributed by atoms with van der Waals surface area (Å²) >= 11 is 6.09. The standard InChI is InChI=1S/C20H23ClFN3O3/c1-5-14(25-19(27)28-20(2,3)4)12-7-8-13(21)16(17(12)22)18(26)15-9-6-11(23)10-24-15/h6-10,14H,5,23H2,1-4H3,(H,25,27). The van der Waals surface area contributed by atoms with Crippen LogP contribution in [0.25, 0.3) is 0 Å². The zero-order chi connectivity index (χ0) is 21.1. The Hall–Kier alpha value is -2.67. The minimum Gasteiger partial charge on any atom is -0.444 e. The lowest BCUT2D eigenvalue weighted by atomic mass is 9.97. The number of amides is 1.